The van der Waals surface area contributed by atoms with Crippen molar-refractivity contribution >= 4 is 61.0 Å². The Morgan fingerprint density at radius 1 is 1.33 bits per heavy atom. The fourth-order valence-electron chi connectivity index (χ4n) is 1.36. The predicted octanol–water partition coefficient (Wildman–Crippen LogP) is 4.66. The van der Waals surface area contributed by atoms with E-state index in [1.807, 2.05) is 6.92 Å². The second kappa shape index (κ2) is 7.13. The van der Waals surface area contributed by atoms with Crippen molar-refractivity contribution in [2.75, 3.05) is 10.7 Å². The Morgan fingerprint density at radius 2 is 1.94 bits per heavy atom. The smallest absolute Gasteiger partial charge is 0.253 e. The highest BCUT2D eigenvalue weighted by atomic mass is 79.9. The van der Waals surface area contributed by atoms with Gasteiger partial charge < -0.3 is 5.32 Å². The zero-order valence-corrected chi connectivity index (χ0v) is 14.5. The molecule has 1 aromatic carbocycles. The van der Waals surface area contributed by atoms with Crippen molar-refractivity contribution in [2.45, 2.75) is 18.9 Å². The Morgan fingerprint density at radius 3 is 2.39 bits per heavy atom. The maximum Gasteiger partial charge on any atom is 0.253 e. The number of hydrogen-bond donors (Lipinski definition) is 1. The molecule has 0 heterocycles. The molecule has 0 aromatic heterocycles. The maximum atomic E-state index is 12.2. The molecule has 0 aliphatic rings. The summed E-state index contributed by atoms with van der Waals surface area (Å²) >= 11 is 18.7. The van der Waals surface area contributed by atoms with E-state index in [9.17, 15) is 4.79 Å². The van der Waals surface area contributed by atoms with Crippen LogP contribution >= 0.6 is 55.1 Å². The van der Waals surface area contributed by atoms with Crippen molar-refractivity contribution in [3.05, 3.63) is 33.8 Å². The molecular weight excluding hydrogens is 405 g/mol. The highest BCUT2D eigenvalue weighted by molar-refractivity contribution is 9.09. The van der Waals surface area contributed by atoms with Crippen LogP contribution < -0.4 is 5.32 Å². The SMILES string of the molecule is CCC(CBr)(CBr)NC(=O)c1ccc(Cl)cc1Cl. The maximum absolute atomic E-state index is 12.2. The van der Waals surface area contributed by atoms with Gasteiger partial charge in [-0.3, -0.25) is 4.79 Å². The first-order valence-corrected chi connectivity index (χ1v) is 8.37. The summed E-state index contributed by atoms with van der Waals surface area (Å²) < 4.78 is 0. The second-order valence-corrected chi connectivity index (χ2v) is 5.94. The van der Waals surface area contributed by atoms with Crippen molar-refractivity contribution < 1.29 is 4.79 Å². The molecule has 0 fully saturated rings. The highest BCUT2D eigenvalue weighted by Crippen LogP contribution is 2.23. The number of amides is 1. The first-order valence-electron chi connectivity index (χ1n) is 5.37. The molecule has 0 atom stereocenters. The van der Waals surface area contributed by atoms with Gasteiger partial charge in [-0.2, -0.15) is 0 Å². The van der Waals surface area contributed by atoms with E-state index in [1.54, 1.807) is 18.2 Å². The standard InChI is InChI=1S/C12H13Br2Cl2NO/c1-2-12(6-13,7-14)17-11(18)9-4-3-8(15)5-10(9)16/h3-5H,2,6-7H2,1H3,(H,17,18). The third-order valence-corrected chi connectivity index (χ3v) is 5.44. The molecule has 0 bridgehead atoms. The summed E-state index contributed by atoms with van der Waals surface area (Å²) in [6, 6.07) is 4.84. The Hall–Kier alpha value is 0.230. The number of rotatable bonds is 5. The molecule has 0 unspecified atom stereocenters. The molecule has 0 radical (unpaired) electrons. The van der Waals surface area contributed by atoms with Crippen LogP contribution in [-0.2, 0) is 0 Å². The number of alkyl halides is 2. The predicted molar refractivity (Wildman–Crippen MR) is 84.5 cm³/mol. The van der Waals surface area contributed by atoms with E-state index in [-0.39, 0.29) is 11.4 Å². The van der Waals surface area contributed by atoms with E-state index in [0.717, 1.165) is 6.42 Å². The Kier molecular flexibility index (Phi) is 6.45. The molecule has 6 heteroatoms. The van der Waals surface area contributed by atoms with Gasteiger partial charge in [-0.1, -0.05) is 62.0 Å². The summed E-state index contributed by atoms with van der Waals surface area (Å²) in [6.07, 6.45) is 0.806. The van der Waals surface area contributed by atoms with Crippen LogP contribution in [-0.4, -0.2) is 22.1 Å². The van der Waals surface area contributed by atoms with Gasteiger partial charge in [0.15, 0.2) is 0 Å². The Balaban J connectivity index is 2.94. The second-order valence-electron chi connectivity index (χ2n) is 3.98. The molecular formula is C12H13Br2Cl2NO. The van der Waals surface area contributed by atoms with Gasteiger partial charge in [0.2, 0.25) is 0 Å². The van der Waals surface area contributed by atoms with Crippen LogP contribution in [0.4, 0.5) is 0 Å². The molecule has 0 aliphatic carbocycles. The summed E-state index contributed by atoms with van der Waals surface area (Å²) in [5.74, 6) is -0.197. The number of benzene rings is 1. The fourth-order valence-corrected chi connectivity index (χ4v) is 3.86. The van der Waals surface area contributed by atoms with Gasteiger partial charge in [0.25, 0.3) is 5.91 Å². The first-order chi connectivity index (χ1) is 8.48. The molecule has 0 spiro atoms. The van der Waals surface area contributed by atoms with Gasteiger partial charge in [0.1, 0.15) is 0 Å². The fraction of sp³-hybridized carbons (Fsp3) is 0.417. The van der Waals surface area contributed by atoms with Crippen molar-refractivity contribution in [1.29, 1.82) is 0 Å². The van der Waals surface area contributed by atoms with Crippen molar-refractivity contribution in [3.8, 4) is 0 Å². The van der Waals surface area contributed by atoms with Crippen LogP contribution in [0.2, 0.25) is 10.0 Å². The van der Waals surface area contributed by atoms with Gasteiger partial charge in [0, 0.05) is 15.7 Å². The van der Waals surface area contributed by atoms with E-state index in [4.69, 9.17) is 23.2 Å². The molecule has 0 aliphatic heterocycles. The van der Waals surface area contributed by atoms with Crippen LogP contribution in [0.1, 0.15) is 23.7 Å². The Bertz CT molecular complexity index is 428. The average Bonchev–Trinajstić information content (AvgIpc) is 2.36. The molecule has 0 saturated heterocycles. The van der Waals surface area contributed by atoms with E-state index in [1.165, 1.54) is 0 Å². The van der Waals surface area contributed by atoms with Gasteiger partial charge in [-0.05, 0) is 24.6 Å². The summed E-state index contributed by atoms with van der Waals surface area (Å²) in [7, 11) is 0. The Labute approximate surface area is 134 Å². The van der Waals surface area contributed by atoms with Gasteiger partial charge in [-0.25, -0.2) is 0 Å². The summed E-state index contributed by atoms with van der Waals surface area (Å²) in [5, 5.41) is 5.20. The highest BCUT2D eigenvalue weighted by Gasteiger charge is 2.28. The van der Waals surface area contributed by atoms with Crippen LogP contribution in [0.15, 0.2) is 18.2 Å². The third kappa shape index (κ3) is 3.86. The summed E-state index contributed by atoms with van der Waals surface area (Å²) in [4.78, 5) is 12.2. The van der Waals surface area contributed by atoms with Crippen LogP contribution in [0, 0.1) is 0 Å². The van der Waals surface area contributed by atoms with Gasteiger partial charge in [0.05, 0.1) is 16.1 Å². The van der Waals surface area contributed by atoms with E-state index in [2.05, 4.69) is 37.2 Å². The normalized spacial score (nSPS) is 11.4. The molecule has 18 heavy (non-hydrogen) atoms. The molecule has 100 valence electrons. The monoisotopic (exact) mass is 415 g/mol. The number of hydrogen-bond acceptors (Lipinski definition) is 1. The molecule has 1 rings (SSSR count). The minimum Gasteiger partial charge on any atom is -0.345 e. The molecule has 1 amide bonds. The minimum absolute atomic E-state index is 0.197. The van der Waals surface area contributed by atoms with E-state index in [0.29, 0.717) is 26.3 Å². The zero-order valence-electron chi connectivity index (χ0n) is 9.77. The van der Waals surface area contributed by atoms with Crippen LogP contribution in [0.5, 0.6) is 0 Å². The lowest BCUT2D eigenvalue weighted by atomic mass is 10.0. The van der Waals surface area contributed by atoms with Gasteiger partial charge >= 0.3 is 0 Å². The summed E-state index contributed by atoms with van der Waals surface area (Å²) in [5.41, 5.74) is 0.112. The van der Waals surface area contributed by atoms with Crippen LogP contribution in [0.3, 0.4) is 0 Å². The van der Waals surface area contributed by atoms with Crippen molar-refractivity contribution in [1.82, 2.24) is 5.32 Å². The number of carbonyl (C=O) groups is 1. The number of carbonyl (C=O) groups excluding carboxylic acids is 1. The summed E-state index contributed by atoms with van der Waals surface area (Å²) in [6.45, 7) is 2.02. The molecule has 0 saturated carbocycles. The lowest BCUT2D eigenvalue weighted by Gasteiger charge is -2.30. The quantitative estimate of drug-likeness (QED) is 0.693. The average molecular weight is 418 g/mol. The topological polar surface area (TPSA) is 29.1 Å². The third-order valence-electron chi connectivity index (χ3n) is 2.74. The first kappa shape index (κ1) is 16.3. The number of halogens is 4. The lowest BCUT2D eigenvalue weighted by Crippen LogP contribution is -2.51. The van der Waals surface area contributed by atoms with Crippen molar-refractivity contribution in [2.24, 2.45) is 0 Å². The number of nitrogens with one attached hydrogen (secondary N) is 1. The molecule has 1 N–H and O–H groups in total. The molecule has 1 aromatic rings. The van der Waals surface area contributed by atoms with Gasteiger partial charge in [-0.15, -0.1) is 0 Å². The zero-order chi connectivity index (χ0) is 13.8. The van der Waals surface area contributed by atoms with Crippen molar-refractivity contribution in [3.63, 3.8) is 0 Å². The minimum atomic E-state index is -0.319. The largest absolute Gasteiger partial charge is 0.345 e. The van der Waals surface area contributed by atoms with E-state index >= 15 is 0 Å². The van der Waals surface area contributed by atoms with Crippen LogP contribution in [0.25, 0.3) is 0 Å². The van der Waals surface area contributed by atoms with E-state index < -0.39 is 0 Å². The lowest BCUT2D eigenvalue weighted by molar-refractivity contribution is 0.0915. The molecule has 2 nitrogen and oxygen atoms in total.